The molecule has 0 amide bonds. The van der Waals surface area contributed by atoms with Crippen molar-refractivity contribution < 1.29 is 13.2 Å². The summed E-state index contributed by atoms with van der Waals surface area (Å²) in [6, 6.07) is 4.33. The van der Waals surface area contributed by atoms with Crippen LogP contribution < -0.4 is 0 Å². The van der Waals surface area contributed by atoms with Crippen molar-refractivity contribution in [3.63, 3.8) is 0 Å². The average molecular weight is 222 g/mol. The molecule has 0 aliphatic rings. The number of benzene rings is 1. The molecule has 0 bridgehead atoms. The number of halogens is 3. The lowest BCUT2D eigenvalue weighted by Gasteiger charge is -2.01. The van der Waals surface area contributed by atoms with Gasteiger partial charge in [-0.05, 0) is 29.3 Å². The smallest absolute Gasteiger partial charge is 0.141 e. The van der Waals surface area contributed by atoms with E-state index < -0.39 is 17.5 Å². The van der Waals surface area contributed by atoms with Gasteiger partial charge in [0.05, 0.1) is 6.20 Å². The number of pyridine rings is 1. The summed E-state index contributed by atoms with van der Waals surface area (Å²) in [5.41, 5.74) is 0.773. The summed E-state index contributed by atoms with van der Waals surface area (Å²) in [4.78, 5) is 3.63. The molecule has 1 heterocycles. The molecule has 0 aliphatic heterocycles. The predicted molar refractivity (Wildman–Crippen MR) is 53.1 cm³/mol. The third kappa shape index (κ3) is 2.59. The van der Waals surface area contributed by atoms with E-state index in [-0.39, 0.29) is 0 Å². The molecule has 0 saturated heterocycles. The molecule has 1 nitrogen and oxygen atoms in total. The third-order valence-corrected chi connectivity index (χ3v) is 1.94. The zero-order chi connectivity index (χ0) is 11.5. The molecule has 2 aromatic rings. The van der Waals surface area contributed by atoms with Crippen LogP contribution in [0.25, 0.3) is 0 Å². The van der Waals surface area contributed by atoms with E-state index in [4.69, 9.17) is 0 Å². The van der Waals surface area contributed by atoms with Crippen molar-refractivity contribution in [2.45, 2.75) is 0 Å². The molecule has 0 unspecified atom stereocenters. The van der Waals surface area contributed by atoms with Crippen LogP contribution in [-0.2, 0) is 0 Å². The van der Waals surface area contributed by atoms with Gasteiger partial charge < -0.3 is 0 Å². The minimum atomic E-state index is -0.671. The summed E-state index contributed by atoms with van der Waals surface area (Å²) < 4.78 is 38.5. The van der Waals surface area contributed by atoms with Gasteiger partial charge in [0.25, 0.3) is 0 Å². The minimum absolute atomic E-state index is 0.324. The number of hydrogen-bond donors (Lipinski definition) is 0. The lowest BCUT2D eigenvalue weighted by molar-refractivity contribution is 0.582. The summed E-state index contributed by atoms with van der Waals surface area (Å²) in [6.07, 6.45) is 3.91. The Labute approximate surface area is 90.6 Å². The Morgan fingerprint density at radius 3 is 2.00 bits per heavy atom. The number of aromatic nitrogens is 1. The SMILES string of the molecule is Fc1cncc([CH]c2cc(F)cc(F)c2)c1. The Hall–Kier alpha value is -1.84. The van der Waals surface area contributed by atoms with E-state index in [2.05, 4.69) is 4.98 Å². The largest absolute Gasteiger partial charge is 0.261 e. The normalized spacial score (nSPS) is 10.4. The van der Waals surface area contributed by atoms with E-state index in [0.29, 0.717) is 11.1 Å². The molecule has 0 aliphatic carbocycles. The molecule has 4 heteroatoms. The molecule has 81 valence electrons. The number of nitrogens with zero attached hydrogens (tertiary/aromatic N) is 1. The maximum Gasteiger partial charge on any atom is 0.141 e. The lowest BCUT2D eigenvalue weighted by Crippen LogP contribution is -1.91. The van der Waals surface area contributed by atoms with E-state index in [9.17, 15) is 13.2 Å². The summed E-state index contributed by atoms with van der Waals surface area (Å²) in [6.45, 7) is 0. The highest BCUT2D eigenvalue weighted by atomic mass is 19.1. The molecule has 0 N–H and O–H groups in total. The van der Waals surface area contributed by atoms with Crippen molar-refractivity contribution in [2.24, 2.45) is 0 Å². The van der Waals surface area contributed by atoms with Gasteiger partial charge in [0.2, 0.25) is 0 Å². The average Bonchev–Trinajstić information content (AvgIpc) is 2.15. The van der Waals surface area contributed by atoms with E-state index >= 15 is 0 Å². The van der Waals surface area contributed by atoms with Gasteiger partial charge in [0, 0.05) is 18.7 Å². The lowest BCUT2D eigenvalue weighted by atomic mass is 10.1. The number of rotatable bonds is 2. The van der Waals surface area contributed by atoms with Gasteiger partial charge in [-0.15, -0.1) is 0 Å². The first-order valence-corrected chi connectivity index (χ1v) is 4.55. The predicted octanol–water partition coefficient (Wildman–Crippen LogP) is 3.10. The van der Waals surface area contributed by atoms with E-state index in [1.807, 2.05) is 0 Å². The molecule has 1 aromatic heterocycles. The Kier molecular flexibility index (Phi) is 2.90. The van der Waals surface area contributed by atoms with Crippen molar-refractivity contribution in [1.82, 2.24) is 4.98 Å². The molecule has 0 spiro atoms. The van der Waals surface area contributed by atoms with Crippen molar-refractivity contribution in [1.29, 1.82) is 0 Å². The zero-order valence-electron chi connectivity index (χ0n) is 8.12. The highest BCUT2D eigenvalue weighted by Gasteiger charge is 2.03. The Bertz CT molecular complexity index is 491. The molecular weight excluding hydrogens is 215 g/mol. The van der Waals surface area contributed by atoms with Gasteiger partial charge in [-0.2, -0.15) is 0 Å². The monoisotopic (exact) mass is 222 g/mol. The molecular formula is C12H7F3N. The minimum Gasteiger partial charge on any atom is -0.261 e. The van der Waals surface area contributed by atoms with E-state index in [0.717, 1.165) is 24.4 Å². The van der Waals surface area contributed by atoms with Crippen LogP contribution in [0.1, 0.15) is 11.1 Å². The van der Waals surface area contributed by atoms with E-state index in [1.54, 1.807) is 0 Å². The van der Waals surface area contributed by atoms with Gasteiger partial charge in [0.1, 0.15) is 17.5 Å². The Balaban J connectivity index is 2.27. The maximum absolute atomic E-state index is 12.9. The molecule has 1 radical (unpaired) electrons. The highest BCUT2D eigenvalue weighted by molar-refractivity contribution is 5.35. The summed E-state index contributed by atoms with van der Waals surface area (Å²) in [5.74, 6) is -1.84. The van der Waals surface area contributed by atoms with Crippen LogP contribution in [0.2, 0.25) is 0 Å². The fourth-order valence-electron chi connectivity index (χ4n) is 1.36. The van der Waals surface area contributed by atoms with Crippen molar-refractivity contribution >= 4 is 0 Å². The molecule has 0 saturated carbocycles. The van der Waals surface area contributed by atoms with Gasteiger partial charge in [-0.25, -0.2) is 13.2 Å². The summed E-state index contributed by atoms with van der Waals surface area (Å²) in [7, 11) is 0. The topological polar surface area (TPSA) is 12.9 Å². The van der Waals surface area contributed by atoms with Gasteiger partial charge in [-0.3, -0.25) is 4.98 Å². The van der Waals surface area contributed by atoms with Crippen LogP contribution in [0.3, 0.4) is 0 Å². The van der Waals surface area contributed by atoms with Crippen LogP contribution in [0.4, 0.5) is 13.2 Å². The molecule has 0 atom stereocenters. The molecule has 2 rings (SSSR count). The second-order valence-electron chi connectivity index (χ2n) is 3.28. The van der Waals surface area contributed by atoms with Crippen LogP contribution >= 0.6 is 0 Å². The second kappa shape index (κ2) is 4.35. The van der Waals surface area contributed by atoms with Crippen LogP contribution in [0.15, 0.2) is 36.7 Å². The Morgan fingerprint density at radius 1 is 0.750 bits per heavy atom. The fraction of sp³-hybridized carbons (Fsp3) is 0. The number of hydrogen-bond acceptors (Lipinski definition) is 1. The van der Waals surface area contributed by atoms with E-state index in [1.165, 1.54) is 18.7 Å². The highest BCUT2D eigenvalue weighted by Crippen LogP contribution is 2.14. The maximum atomic E-state index is 12.9. The quantitative estimate of drug-likeness (QED) is 0.760. The first-order valence-electron chi connectivity index (χ1n) is 4.55. The van der Waals surface area contributed by atoms with Crippen LogP contribution in [0.5, 0.6) is 0 Å². The van der Waals surface area contributed by atoms with Crippen molar-refractivity contribution in [3.05, 3.63) is 71.7 Å². The van der Waals surface area contributed by atoms with Crippen molar-refractivity contribution in [2.75, 3.05) is 0 Å². The van der Waals surface area contributed by atoms with Crippen molar-refractivity contribution in [3.8, 4) is 0 Å². The van der Waals surface area contributed by atoms with Crippen LogP contribution in [-0.4, -0.2) is 4.98 Å². The van der Waals surface area contributed by atoms with Gasteiger partial charge in [-0.1, -0.05) is 0 Å². The standard InChI is InChI=1S/C12H7F3N/c13-10-2-8(3-11(14)5-10)1-9-4-12(15)7-16-6-9/h1-7H. The first kappa shape index (κ1) is 10.7. The second-order valence-corrected chi connectivity index (χ2v) is 3.28. The fourth-order valence-corrected chi connectivity index (χ4v) is 1.36. The molecule has 0 fully saturated rings. The van der Waals surface area contributed by atoms with Gasteiger partial charge in [0.15, 0.2) is 0 Å². The summed E-state index contributed by atoms with van der Waals surface area (Å²) in [5, 5.41) is 0. The summed E-state index contributed by atoms with van der Waals surface area (Å²) >= 11 is 0. The molecule has 16 heavy (non-hydrogen) atoms. The van der Waals surface area contributed by atoms with Crippen LogP contribution in [0, 0.1) is 23.9 Å². The molecule has 1 aromatic carbocycles. The van der Waals surface area contributed by atoms with Gasteiger partial charge >= 0.3 is 0 Å². The zero-order valence-corrected chi connectivity index (χ0v) is 8.12. The Morgan fingerprint density at radius 2 is 1.38 bits per heavy atom. The first-order chi connectivity index (χ1) is 7.63. The third-order valence-electron chi connectivity index (χ3n) is 1.94.